The van der Waals surface area contributed by atoms with E-state index in [-0.39, 0.29) is 0 Å². The summed E-state index contributed by atoms with van der Waals surface area (Å²) < 4.78 is 1.95. The molecule has 0 spiro atoms. The van der Waals surface area contributed by atoms with E-state index in [2.05, 4.69) is 27.4 Å². The van der Waals surface area contributed by atoms with E-state index < -0.39 is 0 Å². The minimum Gasteiger partial charge on any atom is -0.320 e. The third-order valence-corrected chi connectivity index (χ3v) is 4.28. The molecule has 1 atom stereocenters. The molecule has 2 heterocycles. The van der Waals surface area contributed by atoms with Crippen molar-refractivity contribution in [2.75, 3.05) is 0 Å². The molecule has 1 saturated carbocycles. The predicted molar refractivity (Wildman–Crippen MR) is 70.2 cm³/mol. The first kappa shape index (κ1) is 11.8. The van der Waals surface area contributed by atoms with Crippen LogP contribution in [0.15, 0.2) is 12.5 Å². The summed E-state index contributed by atoms with van der Waals surface area (Å²) in [7, 11) is 1.97. The molecule has 0 bridgehead atoms. The summed E-state index contributed by atoms with van der Waals surface area (Å²) in [5, 5.41) is 12.8. The Morgan fingerprint density at radius 2 is 2.39 bits per heavy atom. The summed E-state index contributed by atoms with van der Waals surface area (Å²) in [4.78, 5) is 5.79. The number of hydrogen-bond acceptors (Lipinski definition) is 5. The molecule has 5 nitrogen and oxygen atoms in total. The topological polar surface area (TPSA) is 55.6 Å². The van der Waals surface area contributed by atoms with Gasteiger partial charge in [0.2, 0.25) is 0 Å². The van der Waals surface area contributed by atoms with E-state index in [4.69, 9.17) is 0 Å². The van der Waals surface area contributed by atoms with Gasteiger partial charge in [-0.15, -0.1) is 21.5 Å². The van der Waals surface area contributed by atoms with Crippen molar-refractivity contribution in [3.05, 3.63) is 28.2 Å². The Bertz CT molecular complexity index is 528. The second-order valence-electron chi connectivity index (χ2n) is 4.86. The van der Waals surface area contributed by atoms with Crippen LogP contribution in [0.25, 0.3) is 0 Å². The molecule has 1 fully saturated rings. The van der Waals surface area contributed by atoms with Crippen LogP contribution >= 0.6 is 11.3 Å². The predicted octanol–water partition coefficient (Wildman–Crippen LogP) is 1.82. The van der Waals surface area contributed by atoms with E-state index in [1.165, 1.54) is 22.7 Å². The lowest BCUT2D eigenvalue weighted by atomic mass is 10.2. The van der Waals surface area contributed by atoms with Crippen molar-refractivity contribution in [1.82, 2.24) is 25.1 Å². The van der Waals surface area contributed by atoms with Crippen LogP contribution in [0.3, 0.4) is 0 Å². The molecular weight excluding hydrogens is 246 g/mol. The Morgan fingerprint density at radius 1 is 1.56 bits per heavy atom. The second-order valence-corrected chi connectivity index (χ2v) is 6.13. The van der Waals surface area contributed by atoms with Crippen molar-refractivity contribution in [3.63, 3.8) is 0 Å². The minimum absolute atomic E-state index is 0.375. The maximum atomic E-state index is 4.51. The molecule has 6 heteroatoms. The van der Waals surface area contributed by atoms with Gasteiger partial charge in [-0.2, -0.15) is 0 Å². The third-order valence-electron chi connectivity index (χ3n) is 3.28. The number of nitrogens with one attached hydrogen (secondary N) is 1. The van der Waals surface area contributed by atoms with Crippen LogP contribution in [0.5, 0.6) is 0 Å². The molecule has 0 aromatic carbocycles. The summed E-state index contributed by atoms with van der Waals surface area (Å²) in [6, 6.07) is 0.375. The molecule has 18 heavy (non-hydrogen) atoms. The van der Waals surface area contributed by atoms with Crippen LogP contribution in [-0.4, -0.2) is 19.7 Å². The van der Waals surface area contributed by atoms with E-state index in [0.29, 0.717) is 6.04 Å². The maximum Gasteiger partial charge on any atom is 0.146 e. The van der Waals surface area contributed by atoms with Gasteiger partial charge in [-0.1, -0.05) is 0 Å². The Morgan fingerprint density at radius 3 is 2.94 bits per heavy atom. The van der Waals surface area contributed by atoms with Crippen molar-refractivity contribution in [2.45, 2.75) is 32.4 Å². The average molecular weight is 263 g/mol. The smallest absolute Gasteiger partial charge is 0.146 e. The molecule has 2 aromatic heterocycles. The quantitative estimate of drug-likeness (QED) is 0.894. The molecule has 1 aliphatic rings. The number of nitrogens with zero attached hydrogens (tertiary/aromatic N) is 4. The normalized spacial score (nSPS) is 17.0. The highest BCUT2D eigenvalue weighted by Crippen LogP contribution is 2.42. The van der Waals surface area contributed by atoms with Crippen LogP contribution in [0.2, 0.25) is 0 Å². The van der Waals surface area contributed by atoms with Crippen LogP contribution in [0.4, 0.5) is 0 Å². The maximum absolute atomic E-state index is 4.51. The zero-order valence-corrected chi connectivity index (χ0v) is 11.4. The van der Waals surface area contributed by atoms with Crippen LogP contribution in [0, 0.1) is 12.8 Å². The molecule has 1 aliphatic carbocycles. The van der Waals surface area contributed by atoms with Gasteiger partial charge in [0, 0.05) is 18.1 Å². The first-order valence-corrected chi connectivity index (χ1v) is 7.04. The lowest BCUT2D eigenvalue weighted by molar-refractivity contribution is 0.465. The van der Waals surface area contributed by atoms with E-state index in [1.807, 2.05) is 17.8 Å². The highest BCUT2D eigenvalue weighted by Gasteiger charge is 2.33. The van der Waals surface area contributed by atoms with Crippen molar-refractivity contribution < 1.29 is 0 Å². The Balaban J connectivity index is 1.70. The molecule has 0 radical (unpaired) electrons. The van der Waals surface area contributed by atoms with E-state index in [9.17, 15) is 0 Å². The van der Waals surface area contributed by atoms with Gasteiger partial charge in [0.25, 0.3) is 0 Å². The van der Waals surface area contributed by atoms with Crippen LogP contribution in [0.1, 0.15) is 34.6 Å². The van der Waals surface area contributed by atoms with E-state index in [1.54, 1.807) is 17.7 Å². The molecule has 1 N–H and O–H groups in total. The summed E-state index contributed by atoms with van der Waals surface area (Å²) in [5.41, 5.74) is 0. The van der Waals surface area contributed by atoms with Gasteiger partial charge in [0.15, 0.2) is 0 Å². The van der Waals surface area contributed by atoms with E-state index >= 15 is 0 Å². The number of aromatic nitrogens is 4. The number of thiazole rings is 1. The Hall–Kier alpha value is -1.27. The monoisotopic (exact) mass is 263 g/mol. The standard InChI is InChI=1S/C12H17N5S/c1-8-5-14-12(18-8)11(9-3-4-9)13-6-10-16-15-7-17(10)2/h5,7,9,11,13H,3-4,6H2,1-2H3/t11-/m0/s1. The third kappa shape index (κ3) is 2.44. The highest BCUT2D eigenvalue weighted by atomic mass is 32.1. The van der Waals surface area contributed by atoms with Gasteiger partial charge < -0.3 is 9.88 Å². The van der Waals surface area contributed by atoms with Crippen molar-refractivity contribution in [1.29, 1.82) is 0 Å². The summed E-state index contributed by atoms with van der Waals surface area (Å²) in [5.74, 6) is 1.71. The van der Waals surface area contributed by atoms with Gasteiger partial charge in [0.05, 0.1) is 12.6 Å². The molecule has 2 aromatic rings. The molecule has 0 aliphatic heterocycles. The van der Waals surface area contributed by atoms with E-state index in [0.717, 1.165) is 18.3 Å². The number of aryl methyl sites for hydroxylation is 2. The Kier molecular flexibility index (Phi) is 3.13. The Labute approximate surface area is 110 Å². The summed E-state index contributed by atoms with van der Waals surface area (Å²) in [6.45, 7) is 2.85. The average Bonchev–Trinajstić information content (AvgIpc) is 2.97. The fourth-order valence-corrected chi connectivity index (χ4v) is 3.01. The van der Waals surface area contributed by atoms with Gasteiger partial charge >= 0.3 is 0 Å². The van der Waals surface area contributed by atoms with Crippen molar-refractivity contribution >= 4 is 11.3 Å². The first-order chi connectivity index (χ1) is 8.74. The molecule has 0 unspecified atom stereocenters. The zero-order valence-electron chi connectivity index (χ0n) is 10.6. The van der Waals surface area contributed by atoms with Crippen molar-refractivity contribution in [3.8, 4) is 0 Å². The fraction of sp³-hybridized carbons (Fsp3) is 0.583. The largest absolute Gasteiger partial charge is 0.320 e. The first-order valence-electron chi connectivity index (χ1n) is 6.22. The summed E-state index contributed by atoms with van der Waals surface area (Å²) in [6.07, 6.45) is 6.29. The number of hydrogen-bond donors (Lipinski definition) is 1. The van der Waals surface area contributed by atoms with Gasteiger partial charge in [0.1, 0.15) is 17.2 Å². The van der Waals surface area contributed by atoms with Gasteiger partial charge in [-0.05, 0) is 25.7 Å². The SMILES string of the molecule is Cc1cnc([C@@H](NCc2nncn2C)C2CC2)s1. The molecule has 3 rings (SSSR count). The number of rotatable bonds is 5. The summed E-state index contributed by atoms with van der Waals surface area (Å²) >= 11 is 1.79. The second kappa shape index (κ2) is 4.78. The van der Waals surface area contributed by atoms with Crippen LogP contribution in [-0.2, 0) is 13.6 Å². The lowest BCUT2D eigenvalue weighted by Crippen LogP contribution is -2.24. The van der Waals surface area contributed by atoms with Crippen LogP contribution < -0.4 is 5.32 Å². The van der Waals surface area contributed by atoms with Crippen molar-refractivity contribution in [2.24, 2.45) is 13.0 Å². The molecular formula is C12H17N5S. The highest BCUT2D eigenvalue weighted by molar-refractivity contribution is 7.11. The van der Waals surface area contributed by atoms with Gasteiger partial charge in [-0.25, -0.2) is 4.98 Å². The lowest BCUT2D eigenvalue weighted by Gasteiger charge is -2.15. The molecule has 0 amide bonds. The zero-order chi connectivity index (χ0) is 12.5. The molecule has 96 valence electrons. The minimum atomic E-state index is 0.375. The van der Waals surface area contributed by atoms with Gasteiger partial charge in [-0.3, -0.25) is 0 Å². The fourth-order valence-electron chi connectivity index (χ4n) is 2.07. The molecule has 0 saturated heterocycles.